The van der Waals surface area contributed by atoms with Gasteiger partial charge in [0.25, 0.3) is 5.56 Å². The lowest BCUT2D eigenvalue weighted by molar-refractivity contribution is 0.0976. The lowest BCUT2D eigenvalue weighted by Crippen LogP contribution is -2.53. The molecule has 6 nitrogen and oxygen atoms in total. The van der Waals surface area contributed by atoms with E-state index in [0.717, 1.165) is 37.7 Å². The maximum Gasteiger partial charge on any atom is 0.261 e. The maximum absolute atomic E-state index is 13.2. The first-order valence-corrected chi connectivity index (χ1v) is 11.5. The summed E-state index contributed by atoms with van der Waals surface area (Å²) >= 11 is 2.33. The van der Waals surface area contributed by atoms with Crippen molar-refractivity contribution in [2.24, 2.45) is 5.92 Å². The van der Waals surface area contributed by atoms with Gasteiger partial charge < -0.3 is 20.2 Å². The molecule has 3 saturated heterocycles. The van der Waals surface area contributed by atoms with Gasteiger partial charge in [-0.15, -0.1) is 0 Å². The van der Waals surface area contributed by atoms with Crippen molar-refractivity contribution in [1.29, 1.82) is 0 Å². The van der Waals surface area contributed by atoms with Crippen molar-refractivity contribution in [3.05, 3.63) is 56.4 Å². The number of rotatable bonds is 3. The number of aromatic amines is 2. The summed E-state index contributed by atoms with van der Waals surface area (Å²) in [5.74, 6) is 1.26. The number of nitrogens with zero attached hydrogens (tertiary/aromatic N) is 2. The predicted molar refractivity (Wildman–Crippen MR) is 129 cm³/mol. The average Bonchev–Trinajstić information content (AvgIpc) is 3.19. The number of hydrogen-bond acceptors (Lipinski definition) is 4. The molecule has 2 aromatic heterocycles. The summed E-state index contributed by atoms with van der Waals surface area (Å²) in [5, 5.41) is 4.85. The molecule has 0 amide bonds. The minimum Gasteiger partial charge on any atom is -0.379 e. The first-order valence-electron chi connectivity index (χ1n) is 10.5. The Bertz CT molecular complexity index is 1290. The molecule has 0 radical (unpaired) electrons. The number of benzene rings is 2. The van der Waals surface area contributed by atoms with Crippen LogP contribution in [0.3, 0.4) is 0 Å². The van der Waals surface area contributed by atoms with Gasteiger partial charge in [0.15, 0.2) is 0 Å². The molecule has 7 rings (SSSR count). The van der Waals surface area contributed by atoms with E-state index in [1.54, 1.807) is 0 Å². The fourth-order valence-corrected chi connectivity index (χ4v) is 5.52. The molecule has 3 N–H and O–H groups in total. The lowest BCUT2D eigenvalue weighted by atomic mass is 9.83. The highest BCUT2D eigenvalue weighted by Crippen LogP contribution is 2.36. The smallest absolute Gasteiger partial charge is 0.261 e. The van der Waals surface area contributed by atoms with Crippen LogP contribution < -0.4 is 10.9 Å². The van der Waals surface area contributed by atoms with Gasteiger partial charge in [0.1, 0.15) is 11.4 Å². The Kier molecular flexibility index (Phi) is 4.35. The Hall–Kier alpha value is -2.39. The molecule has 4 aromatic rings. The molecular formula is C23H22IN5O. The third kappa shape index (κ3) is 3.02. The summed E-state index contributed by atoms with van der Waals surface area (Å²) < 4.78 is 1.14. The first kappa shape index (κ1) is 18.4. The van der Waals surface area contributed by atoms with Crippen molar-refractivity contribution < 1.29 is 0 Å². The number of H-pyrrole nitrogens is 2. The highest BCUT2D eigenvalue weighted by molar-refractivity contribution is 14.1. The summed E-state index contributed by atoms with van der Waals surface area (Å²) in [7, 11) is 0. The second kappa shape index (κ2) is 7.09. The van der Waals surface area contributed by atoms with Crippen LogP contribution in [-0.4, -0.2) is 45.5 Å². The number of fused-ring (bicyclic) bond motifs is 5. The van der Waals surface area contributed by atoms with E-state index in [4.69, 9.17) is 4.98 Å². The van der Waals surface area contributed by atoms with Gasteiger partial charge >= 0.3 is 0 Å². The van der Waals surface area contributed by atoms with Crippen LogP contribution in [0.1, 0.15) is 12.8 Å². The van der Waals surface area contributed by atoms with E-state index in [1.165, 1.54) is 25.9 Å². The second-order valence-corrected chi connectivity index (χ2v) is 9.63. The Balaban J connectivity index is 1.56. The van der Waals surface area contributed by atoms with Crippen molar-refractivity contribution in [2.45, 2.75) is 18.9 Å². The monoisotopic (exact) mass is 511 g/mol. The number of hydrogen-bond donors (Lipinski definition) is 3. The first-order chi connectivity index (χ1) is 14.7. The predicted octanol–water partition coefficient (Wildman–Crippen LogP) is 4.18. The second-order valence-electron chi connectivity index (χ2n) is 8.39. The van der Waals surface area contributed by atoms with Crippen LogP contribution >= 0.6 is 22.6 Å². The Labute approximate surface area is 187 Å². The molecule has 2 aromatic carbocycles. The van der Waals surface area contributed by atoms with Gasteiger partial charge in [0.2, 0.25) is 0 Å². The number of para-hydroxylation sites is 2. The topological polar surface area (TPSA) is 76.8 Å². The normalized spacial score (nSPS) is 23.3. The minimum atomic E-state index is -0.119. The highest BCUT2D eigenvalue weighted by Gasteiger charge is 2.35. The Morgan fingerprint density at radius 2 is 1.90 bits per heavy atom. The molecule has 1 atom stereocenters. The van der Waals surface area contributed by atoms with Crippen LogP contribution in [-0.2, 0) is 0 Å². The summed E-state index contributed by atoms with van der Waals surface area (Å²) in [4.78, 5) is 27.0. The van der Waals surface area contributed by atoms with E-state index in [-0.39, 0.29) is 5.56 Å². The number of anilines is 1. The van der Waals surface area contributed by atoms with E-state index in [0.29, 0.717) is 23.3 Å². The molecule has 0 unspecified atom stereocenters. The van der Waals surface area contributed by atoms with E-state index in [2.05, 4.69) is 48.8 Å². The van der Waals surface area contributed by atoms with Crippen molar-refractivity contribution in [3.8, 4) is 11.4 Å². The highest BCUT2D eigenvalue weighted by atomic mass is 127. The molecule has 0 spiro atoms. The molecule has 5 heterocycles. The van der Waals surface area contributed by atoms with Crippen molar-refractivity contribution >= 4 is 50.2 Å². The van der Waals surface area contributed by atoms with Crippen molar-refractivity contribution in [1.82, 2.24) is 19.9 Å². The standard InChI is InChI=1S/C23H22IN5O/c24-14-5-6-16-15(11-14)21(25-19-12-29-9-7-13(19)8-10-29)20(23(30)28-16)22-26-17-3-1-2-4-18(17)27-22/h1-6,11,13,19H,7-10,12H2,(H,26,27)(H2,25,28,30)/t19-/m0/s1. The Morgan fingerprint density at radius 1 is 1.07 bits per heavy atom. The average molecular weight is 511 g/mol. The van der Waals surface area contributed by atoms with Gasteiger partial charge in [-0.3, -0.25) is 4.79 Å². The van der Waals surface area contributed by atoms with Crippen molar-refractivity contribution in [2.75, 3.05) is 25.0 Å². The number of aromatic nitrogens is 3. The SMILES string of the molecule is O=c1[nH]c2ccc(I)cc2c(N[C@H]2CN3CCC2CC3)c1-c1nc2ccccc2[nH]1. The van der Waals surface area contributed by atoms with E-state index in [9.17, 15) is 4.79 Å². The molecule has 3 aliphatic rings. The molecule has 0 saturated carbocycles. The quantitative estimate of drug-likeness (QED) is 0.361. The molecule has 7 heteroatoms. The summed E-state index contributed by atoms with van der Waals surface area (Å²) in [6, 6.07) is 14.4. The van der Waals surface area contributed by atoms with Gasteiger partial charge in [0.05, 0.1) is 22.2 Å². The number of nitrogens with one attached hydrogen (secondary N) is 3. The van der Waals surface area contributed by atoms with Gasteiger partial charge in [-0.1, -0.05) is 12.1 Å². The number of pyridine rings is 1. The van der Waals surface area contributed by atoms with E-state index >= 15 is 0 Å². The molecule has 152 valence electrons. The Morgan fingerprint density at radius 3 is 2.67 bits per heavy atom. The van der Waals surface area contributed by atoms with Crippen LogP contribution in [0.15, 0.2) is 47.3 Å². The van der Waals surface area contributed by atoms with Crippen molar-refractivity contribution in [3.63, 3.8) is 0 Å². The van der Waals surface area contributed by atoms with Gasteiger partial charge in [0, 0.05) is 21.5 Å². The molecular weight excluding hydrogens is 489 g/mol. The van der Waals surface area contributed by atoms with Crippen LogP contribution in [0.25, 0.3) is 33.3 Å². The molecule has 0 aliphatic carbocycles. The van der Waals surface area contributed by atoms with E-state index < -0.39 is 0 Å². The largest absolute Gasteiger partial charge is 0.379 e. The number of halogens is 1. The van der Waals surface area contributed by atoms with E-state index in [1.807, 2.05) is 36.4 Å². The summed E-state index contributed by atoms with van der Waals surface area (Å²) in [6.45, 7) is 3.41. The van der Waals surface area contributed by atoms with Crippen LogP contribution in [0.5, 0.6) is 0 Å². The van der Waals surface area contributed by atoms with Gasteiger partial charge in [-0.05, 0) is 84.8 Å². The third-order valence-corrected chi connectivity index (χ3v) is 7.26. The third-order valence-electron chi connectivity index (χ3n) is 6.59. The summed E-state index contributed by atoms with van der Waals surface area (Å²) in [6.07, 6.45) is 2.44. The van der Waals surface area contributed by atoms with Crippen LogP contribution in [0.2, 0.25) is 0 Å². The molecule has 30 heavy (non-hydrogen) atoms. The van der Waals surface area contributed by atoms with Crippen LogP contribution in [0, 0.1) is 9.49 Å². The minimum absolute atomic E-state index is 0.119. The lowest BCUT2D eigenvalue weighted by Gasteiger charge is -2.45. The van der Waals surface area contributed by atoms with Crippen LogP contribution in [0.4, 0.5) is 5.69 Å². The molecule has 2 bridgehead atoms. The number of piperidine rings is 3. The van der Waals surface area contributed by atoms with Gasteiger partial charge in [-0.2, -0.15) is 0 Å². The fraction of sp³-hybridized carbons (Fsp3) is 0.304. The fourth-order valence-electron chi connectivity index (χ4n) is 5.03. The van der Waals surface area contributed by atoms with Gasteiger partial charge in [-0.25, -0.2) is 4.98 Å². The number of imidazole rings is 1. The zero-order chi connectivity index (χ0) is 20.2. The summed E-state index contributed by atoms with van der Waals surface area (Å²) in [5.41, 5.74) is 4.02. The zero-order valence-electron chi connectivity index (χ0n) is 16.4. The maximum atomic E-state index is 13.2. The zero-order valence-corrected chi connectivity index (χ0v) is 18.6. The molecule has 3 aliphatic heterocycles. The molecule has 3 fully saturated rings.